The van der Waals surface area contributed by atoms with Crippen LogP contribution in [0.4, 0.5) is 5.69 Å². The number of aryl methyl sites for hydroxylation is 3. The molecule has 0 bridgehead atoms. The van der Waals surface area contributed by atoms with Crippen LogP contribution in [0, 0.1) is 27.7 Å². The van der Waals surface area contributed by atoms with E-state index < -0.39 is 0 Å². The quantitative estimate of drug-likeness (QED) is 0.604. The molecule has 4 heteroatoms. The summed E-state index contributed by atoms with van der Waals surface area (Å²) in [6.07, 6.45) is 0.949. The zero-order valence-electron chi connectivity index (χ0n) is 16.8. The maximum absolute atomic E-state index is 11.6. The molecule has 0 radical (unpaired) electrons. The van der Waals surface area contributed by atoms with Crippen molar-refractivity contribution < 1.29 is 9.53 Å². The molecule has 4 nitrogen and oxygen atoms in total. The van der Waals surface area contributed by atoms with E-state index >= 15 is 0 Å². The zero-order valence-corrected chi connectivity index (χ0v) is 16.8. The van der Waals surface area contributed by atoms with Crippen LogP contribution in [0.3, 0.4) is 0 Å². The minimum Gasteiger partial charge on any atom is -0.383 e. The fraction of sp³-hybridized carbons (Fsp3) is 0.348. The standard InChI is InChI=1S/C23H28N2O2/c1-15-7-6-8-16(2)20(15)13-24-21-10-9-19(14-26)22-17(3)18(4)25(23(21)22)11-12-27-5/h6-10,14,24H,11-13H2,1-5H3. The van der Waals surface area contributed by atoms with Crippen molar-refractivity contribution in [3.05, 3.63) is 63.8 Å². The third kappa shape index (κ3) is 3.50. The topological polar surface area (TPSA) is 43.3 Å². The summed E-state index contributed by atoms with van der Waals surface area (Å²) in [4.78, 5) is 11.6. The highest BCUT2D eigenvalue weighted by Crippen LogP contribution is 2.34. The predicted octanol–water partition coefficient (Wildman–Crippen LogP) is 4.95. The Morgan fingerprint density at radius 3 is 2.41 bits per heavy atom. The second kappa shape index (κ2) is 7.97. The number of aldehydes is 1. The molecule has 0 saturated carbocycles. The lowest BCUT2D eigenvalue weighted by molar-refractivity contribution is 0.112. The molecule has 142 valence electrons. The minimum atomic E-state index is 0.631. The number of fused-ring (bicyclic) bond motifs is 1. The van der Waals surface area contributed by atoms with E-state index in [9.17, 15) is 4.79 Å². The van der Waals surface area contributed by atoms with Crippen molar-refractivity contribution in [2.45, 2.75) is 40.8 Å². The van der Waals surface area contributed by atoms with Crippen LogP contribution in [0.1, 0.15) is 38.3 Å². The number of ether oxygens (including phenoxy) is 1. The van der Waals surface area contributed by atoms with Gasteiger partial charge < -0.3 is 14.6 Å². The Hall–Kier alpha value is -2.59. The molecule has 0 aliphatic carbocycles. The van der Waals surface area contributed by atoms with E-state index in [4.69, 9.17) is 4.74 Å². The summed E-state index contributed by atoms with van der Waals surface area (Å²) in [5, 5.41) is 4.65. The number of carbonyl (C=O) groups is 1. The number of benzene rings is 2. The summed E-state index contributed by atoms with van der Waals surface area (Å²) in [6, 6.07) is 10.3. The maximum atomic E-state index is 11.6. The number of carbonyl (C=O) groups excluding carboxylic acids is 1. The summed E-state index contributed by atoms with van der Waals surface area (Å²) in [5.74, 6) is 0. The molecule has 0 unspecified atom stereocenters. The van der Waals surface area contributed by atoms with E-state index in [0.29, 0.717) is 6.61 Å². The first kappa shape index (κ1) is 19.2. The van der Waals surface area contributed by atoms with E-state index in [2.05, 4.69) is 55.8 Å². The fourth-order valence-electron chi connectivity index (χ4n) is 3.85. The van der Waals surface area contributed by atoms with Gasteiger partial charge in [0.2, 0.25) is 0 Å². The summed E-state index contributed by atoms with van der Waals surface area (Å²) >= 11 is 0. The lowest BCUT2D eigenvalue weighted by atomic mass is 10.0. The van der Waals surface area contributed by atoms with Crippen molar-refractivity contribution >= 4 is 22.9 Å². The molecule has 0 amide bonds. The molecule has 3 aromatic rings. The van der Waals surface area contributed by atoms with Crippen molar-refractivity contribution in [2.75, 3.05) is 19.0 Å². The second-order valence-corrected chi connectivity index (χ2v) is 7.12. The van der Waals surface area contributed by atoms with Gasteiger partial charge in [0, 0.05) is 36.8 Å². The summed E-state index contributed by atoms with van der Waals surface area (Å²) in [5.41, 5.74) is 9.07. The van der Waals surface area contributed by atoms with Gasteiger partial charge in [-0.2, -0.15) is 0 Å². The number of nitrogens with zero attached hydrogens (tertiary/aromatic N) is 1. The molecule has 27 heavy (non-hydrogen) atoms. The molecule has 0 aliphatic rings. The number of hydrogen-bond acceptors (Lipinski definition) is 3. The van der Waals surface area contributed by atoms with E-state index in [1.807, 2.05) is 12.1 Å². The minimum absolute atomic E-state index is 0.631. The molecule has 3 rings (SSSR count). The summed E-state index contributed by atoms with van der Waals surface area (Å²) in [6.45, 7) is 10.6. The molecule has 1 heterocycles. The van der Waals surface area contributed by atoms with Crippen molar-refractivity contribution in [1.29, 1.82) is 0 Å². The number of hydrogen-bond donors (Lipinski definition) is 1. The van der Waals surface area contributed by atoms with E-state index in [1.165, 1.54) is 22.4 Å². The average molecular weight is 364 g/mol. The van der Waals surface area contributed by atoms with E-state index in [0.717, 1.165) is 47.1 Å². The summed E-state index contributed by atoms with van der Waals surface area (Å²) in [7, 11) is 1.71. The molecule has 1 N–H and O–H groups in total. The zero-order chi connectivity index (χ0) is 19.6. The molecule has 0 atom stereocenters. The van der Waals surface area contributed by atoms with Gasteiger partial charge in [-0.25, -0.2) is 0 Å². The highest BCUT2D eigenvalue weighted by molar-refractivity contribution is 6.05. The molecule has 0 saturated heterocycles. The van der Waals surface area contributed by atoms with Crippen molar-refractivity contribution in [1.82, 2.24) is 4.57 Å². The van der Waals surface area contributed by atoms with Crippen LogP contribution in [0.15, 0.2) is 30.3 Å². The van der Waals surface area contributed by atoms with E-state index in [-0.39, 0.29) is 0 Å². The van der Waals surface area contributed by atoms with Gasteiger partial charge in [0.25, 0.3) is 0 Å². The number of methoxy groups -OCH3 is 1. The lowest BCUT2D eigenvalue weighted by Crippen LogP contribution is -2.09. The van der Waals surface area contributed by atoms with Gasteiger partial charge in [0.05, 0.1) is 17.8 Å². The molecular formula is C23H28N2O2. The van der Waals surface area contributed by atoms with Crippen LogP contribution in [0.5, 0.6) is 0 Å². The predicted molar refractivity (Wildman–Crippen MR) is 112 cm³/mol. The van der Waals surface area contributed by atoms with Crippen molar-refractivity contribution in [2.24, 2.45) is 0 Å². The number of rotatable bonds is 7. The summed E-state index contributed by atoms with van der Waals surface area (Å²) < 4.78 is 7.56. The molecule has 0 spiro atoms. The Balaban J connectivity index is 2.10. The van der Waals surface area contributed by atoms with Crippen LogP contribution < -0.4 is 5.32 Å². The first-order valence-corrected chi connectivity index (χ1v) is 9.35. The van der Waals surface area contributed by atoms with Crippen molar-refractivity contribution in [3.8, 4) is 0 Å². The van der Waals surface area contributed by atoms with Gasteiger partial charge in [0.1, 0.15) is 0 Å². The van der Waals surface area contributed by atoms with Gasteiger partial charge in [-0.05, 0) is 62.1 Å². The van der Waals surface area contributed by atoms with Gasteiger partial charge in [-0.15, -0.1) is 0 Å². The Morgan fingerprint density at radius 2 is 1.78 bits per heavy atom. The van der Waals surface area contributed by atoms with Crippen molar-refractivity contribution in [3.63, 3.8) is 0 Å². The second-order valence-electron chi connectivity index (χ2n) is 7.12. The van der Waals surface area contributed by atoms with Gasteiger partial charge >= 0.3 is 0 Å². The highest BCUT2D eigenvalue weighted by Gasteiger charge is 2.17. The molecular weight excluding hydrogens is 336 g/mol. The highest BCUT2D eigenvalue weighted by atomic mass is 16.5. The van der Waals surface area contributed by atoms with Crippen LogP contribution in [0.25, 0.3) is 10.9 Å². The van der Waals surface area contributed by atoms with Gasteiger partial charge in [-0.1, -0.05) is 18.2 Å². The number of aromatic nitrogens is 1. The van der Waals surface area contributed by atoms with Crippen LogP contribution in [-0.4, -0.2) is 24.6 Å². The van der Waals surface area contributed by atoms with Crippen LogP contribution in [0.2, 0.25) is 0 Å². The first-order valence-electron chi connectivity index (χ1n) is 9.35. The van der Waals surface area contributed by atoms with Gasteiger partial charge in [-0.3, -0.25) is 4.79 Å². The maximum Gasteiger partial charge on any atom is 0.150 e. The van der Waals surface area contributed by atoms with Gasteiger partial charge in [0.15, 0.2) is 6.29 Å². The molecule has 0 aliphatic heterocycles. The number of nitrogens with one attached hydrogen (secondary N) is 1. The Morgan fingerprint density at radius 1 is 1.07 bits per heavy atom. The Kier molecular flexibility index (Phi) is 5.66. The normalized spacial score (nSPS) is 11.1. The first-order chi connectivity index (χ1) is 13.0. The Labute approximate surface area is 161 Å². The monoisotopic (exact) mass is 364 g/mol. The van der Waals surface area contributed by atoms with Crippen LogP contribution in [-0.2, 0) is 17.8 Å². The smallest absolute Gasteiger partial charge is 0.150 e. The van der Waals surface area contributed by atoms with Crippen LogP contribution >= 0.6 is 0 Å². The third-order valence-electron chi connectivity index (χ3n) is 5.55. The molecule has 1 aromatic heterocycles. The average Bonchev–Trinajstić information content (AvgIpc) is 2.91. The largest absolute Gasteiger partial charge is 0.383 e. The Bertz CT molecular complexity index is 966. The molecule has 2 aromatic carbocycles. The number of anilines is 1. The van der Waals surface area contributed by atoms with E-state index in [1.54, 1.807) is 7.11 Å². The third-order valence-corrected chi connectivity index (χ3v) is 5.55. The fourth-order valence-corrected chi connectivity index (χ4v) is 3.85. The molecule has 0 fully saturated rings. The lowest BCUT2D eigenvalue weighted by Gasteiger charge is -2.16. The SMILES string of the molecule is COCCn1c(C)c(C)c2c(C=O)ccc(NCc3c(C)cccc3C)c21.